The number of benzene rings is 2. The molecular weight excluding hydrogens is 348 g/mol. The van der Waals surface area contributed by atoms with E-state index in [1.54, 1.807) is 12.3 Å². The zero-order valence-corrected chi connectivity index (χ0v) is 14.5. The molecular formula is C21H17F2N3O. The van der Waals surface area contributed by atoms with Crippen LogP contribution >= 0.6 is 0 Å². The van der Waals surface area contributed by atoms with Crippen LogP contribution in [-0.2, 0) is 13.0 Å². The third kappa shape index (κ3) is 3.65. The molecule has 1 aromatic heterocycles. The summed E-state index contributed by atoms with van der Waals surface area (Å²) in [4.78, 5) is 18.7. The van der Waals surface area contributed by atoms with Crippen molar-refractivity contribution in [2.75, 3.05) is 16.8 Å². The number of nitrogens with one attached hydrogen (secondary N) is 1. The van der Waals surface area contributed by atoms with E-state index in [1.807, 2.05) is 18.2 Å². The summed E-state index contributed by atoms with van der Waals surface area (Å²) < 4.78 is 26.8. The van der Waals surface area contributed by atoms with E-state index in [0.29, 0.717) is 0 Å². The molecule has 0 fully saturated rings. The fourth-order valence-electron chi connectivity index (χ4n) is 3.23. The molecule has 1 aliphatic heterocycles. The molecule has 136 valence electrons. The first-order valence-electron chi connectivity index (χ1n) is 8.64. The summed E-state index contributed by atoms with van der Waals surface area (Å²) >= 11 is 0. The molecule has 2 heterocycles. The van der Waals surface area contributed by atoms with Gasteiger partial charge in [0.25, 0.3) is 5.91 Å². The number of carbonyl (C=O) groups excluding carboxylic acids is 1. The minimum Gasteiger partial charge on any atom is -0.367 e. The predicted molar refractivity (Wildman–Crippen MR) is 99.7 cm³/mol. The highest BCUT2D eigenvalue weighted by molar-refractivity contribution is 6.03. The van der Waals surface area contributed by atoms with E-state index in [0.717, 1.165) is 37.3 Å². The number of nitrogens with zero attached hydrogens (tertiary/aromatic N) is 2. The molecule has 0 saturated heterocycles. The Morgan fingerprint density at radius 1 is 1.04 bits per heavy atom. The predicted octanol–water partition coefficient (Wildman–Crippen LogP) is 4.17. The molecule has 1 amide bonds. The number of fused-ring (bicyclic) bond motifs is 1. The first kappa shape index (κ1) is 17.1. The largest absolute Gasteiger partial charge is 0.367 e. The van der Waals surface area contributed by atoms with Gasteiger partial charge in [-0.15, -0.1) is 0 Å². The SMILES string of the molecule is O=C(Nc1ccc(F)cc1F)c1cc(N2CCc3ccccc3C2)ccn1. The zero-order valence-electron chi connectivity index (χ0n) is 14.5. The van der Waals surface area contributed by atoms with Gasteiger partial charge in [-0.1, -0.05) is 24.3 Å². The smallest absolute Gasteiger partial charge is 0.274 e. The minimum atomic E-state index is -0.827. The fraction of sp³-hybridized carbons (Fsp3) is 0.143. The molecule has 1 N–H and O–H groups in total. The highest BCUT2D eigenvalue weighted by Gasteiger charge is 2.18. The van der Waals surface area contributed by atoms with E-state index < -0.39 is 17.5 Å². The van der Waals surface area contributed by atoms with E-state index in [-0.39, 0.29) is 11.4 Å². The van der Waals surface area contributed by atoms with Crippen molar-refractivity contribution in [2.24, 2.45) is 0 Å². The average Bonchev–Trinajstić information content (AvgIpc) is 2.70. The number of amides is 1. The Hall–Kier alpha value is -3.28. The molecule has 6 heteroatoms. The molecule has 3 aromatic rings. The van der Waals surface area contributed by atoms with E-state index >= 15 is 0 Å². The zero-order chi connectivity index (χ0) is 18.8. The van der Waals surface area contributed by atoms with Gasteiger partial charge in [0.1, 0.15) is 17.3 Å². The van der Waals surface area contributed by atoms with Crippen LogP contribution in [-0.4, -0.2) is 17.4 Å². The molecule has 4 rings (SSSR count). The van der Waals surface area contributed by atoms with Crippen molar-refractivity contribution in [3.8, 4) is 0 Å². The number of anilines is 2. The van der Waals surface area contributed by atoms with Crippen molar-refractivity contribution in [1.29, 1.82) is 0 Å². The molecule has 2 aromatic carbocycles. The molecule has 0 atom stereocenters. The van der Waals surface area contributed by atoms with Gasteiger partial charge in [-0.3, -0.25) is 9.78 Å². The van der Waals surface area contributed by atoms with Crippen LogP contribution in [0.2, 0.25) is 0 Å². The minimum absolute atomic E-state index is 0.0829. The van der Waals surface area contributed by atoms with Crippen LogP contribution in [0, 0.1) is 11.6 Å². The lowest BCUT2D eigenvalue weighted by Crippen LogP contribution is -2.30. The van der Waals surface area contributed by atoms with Gasteiger partial charge in [0.2, 0.25) is 0 Å². The summed E-state index contributed by atoms with van der Waals surface area (Å²) in [6, 6.07) is 14.8. The number of hydrogen-bond donors (Lipinski definition) is 1. The van der Waals surface area contributed by atoms with Crippen LogP contribution in [0.5, 0.6) is 0 Å². The highest BCUT2D eigenvalue weighted by Crippen LogP contribution is 2.25. The van der Waals surface area contributed by atoms with E-state index in [1.165, 1.54) is 17.2 Å². The number of rotatable bonds is 3. The maximum Gasteiger partial charge on any atom is 0.274 e. The van der Waals surface area contributed by atoms with Crippen molar-refractivity contribution in [3.05, 3.63) is 89.2 Å². The molecule has 27 heavy (non-hydrogen) atoms. The second kappa shape index (κ2) is 7.15. The van der Waals surface area contributed by atoms with Gasteiger partial charge < -0.3 is 10.2 Å². The van der Waals surface area contributed by atoms with Crippen LogP contribution < -0.4 is 10.2 Å². The van der Waals surface area contributed by atoms with Crippen LogP contribution in [0.3, 0.4) is 0 Å². The fourth-order valence-corrected chi connectivity index (χ4v) is 3.23. The van der Waals surface area contributed by atoms with Gasteiger partial charge in [0.05, 0.1) is 5.69 Å². The molecule has 0 radical (unpaired) electrons. The van der Waals surface area contributed by atoms with Crippen LogP contribution in [0.15, 0.2) is 60.8 Å². The van der Waals surface area contributed by atoms with Gasteiger partial charge in [0, 0.05) is 31.0 Å². The quantitative estimate of drug-likeness (QED) is 0.758. The second-order valence-corrected chi connectivity index (χ2v) is 6.42. The van der Waals surface area contributed by atoms with Gasteiger partial charge in [-0.2, -0.15) is 0 Å². The highest BCUT2D eigenvalue weighted by atomic mass is 19.1. The Morgan fingerprint density at radius 3 is 2.67 bits per heavy atom. The molecule has 4 nitrogen and oxygen atoms in total. The molecule has 0 saturated carbocycles. The van der Waals surface area contributed by atoms with Crippen LogP contribution in [0.25, 0.3) is 0 Å². The van der Waals surface area contributed by atoms with Crippen LogP contribution in [0.1, 0.15) is 21.6 Å². The van der Waals surface area contributed by atoms with Crippen molar-refractivity contribution in [3.63, 3.8) is 0 Å². The van der Waals surface area contributed by atoms with Crippen molar-refractivity contribution in [2.45, 2.75) is 13.0 Å². The summed E-state index contributed by atoms with van der Waals surface area (Å²) in [5, 5.41) is 2.44. The topological polar surface area (TPSA) is 45.2 Å². The number of pyridine rings is 1. The second-order valence-electron chi connectivity index (χ2n) is 6.42. The Labute approximate surface area is 155 Å². The Morgan fingerprint density at radius 2 is 1.85 bits per heavy atom. The molecule has 0 bridgehead atoms. The third-order valence-electron chi connectivity index (χ3n) is 4.65. The first-order valence-corrected chi connectivity index (χ1v) is 8.64. The molecule has 0 unspecified atom stereocenters. The Kier molecular flexibility index (Phi) is 4.54. The lowest BCUT2D eigenvalue weighted by molar-refractivity contribution is 0.102. The summed E-state index contributed by atoms with van der Waals surface area (Å²) in [7, 11) is 0. The first-order chi connectivity index (χ1) is 13.1. The monoisotopic (exact) mass is 365 g/mol. The summed E-state index contributed by atoms with van der Waals surface area (Å²) in [6.07, 6.45) is 2.49. The van der Waals surface area contributed by atoms with E-state index in [2.05, 4.69) is 27.3 Å². The van der Waals surface area contributed by atoms with Gasteiger partial charge in [0.15, 0.2) is 0 Å². The number of hydrogen-bond acceptors (Lipinski definition) is 3. The maximum absolute atomic E-state index is 13.8. The summed E-state index contributed by atoms with van der Waals surface area (Å²) in [5.74, 6) is -2.07. The lowest BCUT2D eigenvalue weighted by atomic mass is 9.99. The van der Waals surface area contributed by atoms with Crippen LogP contribution in [0.4, 0.5) is 20.2 Å². The maximum atomic E-state index is 13.8. The normalized spacial score (nSPS) is 13.2. The average molecular weight is 365 g/mol. The van der Waals surface area contributed by atoms with E-state index in [9.17, 15) is 13.6 Å². The molecule has 0 spiro atoms. The van der Waals surface area contributed by atoms with E-state index in [4.69, 9.17) is 0 Å². The van der Waals surface area contributed by atoms with Crippen molar-refractivity contribution in [1.82, 2.24) is 4.98 Å². The Balaban J connectivity index is 1.53. The lowest BCUT2D eigenvalue weighted by Gasteiger charge is -2.30. The van der Waals surface area contributed by atoms with Gasteiger partial charge >= 0.3 is 0 Å². The number of carbonyl (C=O) groups is 1. The number of halogens is 2. The van der Waals surface area contributed by atoms with Gasteiger partial charge in [-0.25, -0.2) is 8.78 Å². The standard InChI is InChI=1S/C21H17F2N3O/c22-16-5-6-19(18(23)11-16)25-21(27)20-12-17(7-9-24-20)26-10-8-14-3-1-2-4-15(14)13-26/h1-7,9,11-12H,8,10,13H2,(H,25,27). The third-order valence-corrected chi connectivity index (χ3v) is 4.65. The van der Waals surface area contributed by atoms with Crippen molar-refractivity contribution < 1.29 is 13.6 Å². The summed E-state index contributed by atoms with van der Waals surface area (Å²) in [5.41, 5.74) is 3.58. The molecule has 1 aliphatic rings. The number of aromatic nitrogens is 1. The Bertz CT molecular complexity index is 1010. The summed E-state index contributed by atoms with van der Waals surface area (Å²) in [6.45, 7) is 1.60. The van der Waals surface area contributed by atoms with Gasteiger partial charge in [-0.05, 0) is 41.8 Å². The molecule has 0 aliphatic carbocycles. The van der Waals surface area contributed by atoms with Crippen molar-refractivity contribution >= 4 is 17.3 Å².